The Balaban J connectivity index is 1.60. The van der Waals surface area contributed by atoms with E-state index >= 15 is 0 Å². The minimum Gasteiger partial charge on any atom is -0.507 e. The summed E-state index contributed by atoms with van der Waals surface area (Å²) in [6, 6.07) is 4.41. The van der Waals surface area contributed by atoms with Gasteiger partial charge in [0.05, 0.1) is 5.56 Å². The van der Waals surface area contributed by atoms with Crippen LogP contribution in [0.4, 0.5) is 0 Å². The molecule has 0 radical (unpaired) electrons. The van der Waals surface area contributed by atoms with E-state index in [0.29, 0.717) is 23.4 Å². The summed E-state index contributed by atoms with van der Waals surface area (Å²) < 4.78 is 0. The Kier molecular flexibility index (Phi) is 4.05. The molecule has 4 nitrogen and oxygen atoms in total. The van der Waals surface area contributed by atoms with Crippen LogP contribution >= 0.6 is 0 Å². The second-order valence-corrected chi connectivity index (χ2v) is 9.82. The summed E-state index contributed by atoms with van der Waals surface area (Å²) in [5.41, 5.74) is 8.23. The Hall–Kier alpha value is -1.55. The Morgan fingerprint density at radius 2 is 2.11 bits per heavy atom. The molecule has 4 aliphatic rings. The number of likely N-dealkylation sites (tertiary alicyclic amines) is 1. The summed E-state index contributed by atoms with van der Waals surface area (Å²) in [6.07, 6.45) is 9.97. The topological polar surface area (TPSA) is 66.6 Å². The van der Waals surface area contributed by atoms with Gasteiger partial charge >= 0.3 is 0 Å². The van der Waals surface area contributed by atoms with E-state index in [1.54, 1.807) is 6.07 Å². The monoisotopic (exact) mass is 368 g/mol. The largest absolute Gasteiger partial charge is 0.507 e. The third-order valence-corrected chi connectivity index (χ3v) is 8.35. The van der Waals surface area contributed by atoms with Gasteiger partial charge in [0.2, 0.25) is 0 Å². The fraction of sp³-hybridized carbons (Fsp3) is 0.696. The first-order chi connectivity index (χ1) is 13.0. The molecule has 4 heteroatoms. The smallest absolute Gasteiger partial charge is 0.252 e. The van der Waals surface area contributed by atoms with Gasteiger partial charge in [-0.1, -0.05) is 25.8 Å². The van der Waals surface area contributed by atoms with Crippen molar-refractivity contribution in [1.82, 2.24) is 4.90 Å². The summed E-state index contributed by atoms with van der Waals surface area (Å²) in [5, 5.41) is 11.1. The molecule has 1 amide bonds. The Bertz CT molecular complexity index is 772. The number of amides is 1. The van der Waals surface area contributed by atoms with Gasteiger partial charge in [-0.05, 0) is 74.5 Å². The molecule has 2 saturated carbocycles. The molecule has 27 heavy (non-hydrogen) atoms. The number of fused-ring (bicyclic) bond motifs is 1. The number of benzene rings is 1. The van der Waals surface area contributed by atoms with E-state index in [1.165, 1.54) is 44.2 Å². The number of primary amides is 1. The van der Waals surface area contributed by atoms with Crippen molar-refractivity contribution < 1.29 is 9.90 Å². The highest BCUT2D eigenvalue weighted by molar-refractivity contribution is 5.96. The van der Waals surface area contributed by atoms with Gasteiger partial charge < -0.3 is 10.8 Å². The van der Waals surface area contributed by atoms with Crippen LogP contribution in [0.2, 0.25) is 0 Å². The van der Waals surface area contributed by atoms with E-state index in [2.05, 4.69) is 17.9 Å². The van der Waals surface area contributed by atoms with Crippen molar-refractivity contribution in [2.75, 3.05) is 13.1 Å². The van der Waals surface area contributed by atoms with E-state index < -0.39 is 5.91 Å². The predicted molar refractivity (Wildman–Crippen MR) is 106 cm³/mol. The number of nitrogens with two attached hydrogens (primary N) is 1. The number of aromatic hydroxyl groups is 1. The average Bonchev–Trinajstić information content (AvgIpc) is 2.58. The number of rotatable bonds is 3. The lowest BCUT2D eigenvalue weighted by Crippen LogP contribution is -2.62. The lowest BCUT2D eigenvalue weighted by atomic mass is 9.50. The van der Waals surface area contributed by atoms with Crippen LogP contribution in [0.3, 0.4) is 0 Å². The van der Waals surface area contributed by atoms with Gasteiger partial charge in [-0.3, -0.25) is 9.69 Å². The number of phenols is 1. The predicted octanol–water partition coefficient (Wildman–Crippen LogP) is 3.60. The number of piperidine rings is 1. The number of hydrogen-bond donors (Lipinski definition) is 2. The van der Waals surface area contributed by atoms with Gasteiger partial charge in [-0.15, -0.1) is 0 Å². The third kappa shape index (κ3) is 2.55. The highest BCUT2D eigenvalue weighted by atomic mass is 16.3. The average molecular weight is 369 g/mol. The molecule has 2 bridgehead atoms. The lowest BCUT2D eigenvalue weighted by molar-refractivity contribution is -0.0354. The van der Waals surface area contributed by atoms with E-state index in [1.807, 2.05) is 0 Å². The fourth-order valence-electron chi connectivity index (χ4n) is 6.93. The van der Waals surface area contributed by atoms with Crippen molar-refractivity contribution in [1.29, 1.82) is 0 Å². The second kappa shape index (κ2) is 6.23. The molecule has 1 aromatic rings. The molecule has 1 aliphatic heterocycles. The molecule has 146 valence electrons. The zero-order valence-corrected chi connectivity index (χ0v) is 16.4. The SMILES string of the molecule is C[C@H]1CC[C@H]2[C@H]3Cc4ccc(C(N)=O)c(O)c4[C@@]2(CCN3CC2CCC2)C1. The van der Waals surface area contributed by atoms with E-state index in [-0.39, 0.29) is 11.2 Å². The van der Waals surface area contributed by atoms with Crippen LogP contribution in [0.5, 0.6) is 5.75 Å². The van der Waals surface area contributed by atoms with Crippen LogP contribution in [-0.2, 0) is 11.8 Å². The summed E-state index contributed by atoms with van der Waals surface area (Å²) >= 11 is 0. The standard InChI is InChI=1S/C23H32N2O2/c1-14-5-8-18-19-11-16-6-7-17(22(24)27)21(26)20(16)23(18,12-14)9-10-25(19)13-15-3-2-4-15/h6-7,14-15,18-19,26H,2-5,8-13H2,1H3,(H2,24,27)/t14-,18-,19+,23-/m0/s1. The molecule has 1 aromatic carbocycles. The molecular weight excluding hydrogens is 336 g/mol. The minimum absolute atomic E-state index is 0.0293. The summed E-state index contributed by atoms with van der Waals surface area (Å²) in [5.74, 6) is 1.83. The number of nitrogens with zero attached hydrogens (tertiary/aromatic N) is 1. The maximum Gasteiger partial charge on any atom is 0.252 e. The Morgan fingerprint density at radius 1 is 1.30 bits per heavy atom. The zero-order chi connectivity index (χ0) is 18.8. The van der Waals surface area contributed by atoms with Crippen molar-refractivity contribution in [2.45, 2.75) is 69.7 Å². The molecule has 0 spiro atoms. The van der Waals surface area contributed by atoms with E-state index in [0.717, 1.165) is 37.3 Å². The summed E-state index contributed by atoms with van der Waals surface area (Å²) in [6.45, 7) is 4.74. The van der Waals surface area contributed by atoms with Crippen molar-refractivity contribution >= 4 is 5.91 Å². The summed E-state index contributed by atoms with van der Waals surface area (Å²) in [7, 11) is 0. The van der Waals surface area contributed by atoms with Crippen LogP contribution in [0.25, 0.3) is 0 Å². The quantitative estimate of drug-likeness (QED) is 0.857. The molecule has 3 aliphatic carbocycles. The molecule has 0 unspecified atom stereocenters. The molecule has 1 saturated heterocycles. The first-order valence-electron chi connectivity index (χ1n) is 10.9. The number of carbonyl (C=O) groups excluding carboxylic acids is 1. The van der Waals surface area contributed by atoms with Gasteiger partial charge in [0, 0.05) is 23.6 Å². The van der Waals surface area contributed by atoms with Gasteiger partial charge in [0.1, 0.15) is 5.75 Å². The van der Waals surface area contributed by atoms with E-state index in [9.17, 15) is 9.90 Å². The zero-order valence-electron chi connectivity index (χ0n) is 16.4. The molecule has 0 aromatic heterocycles. The van der Waals surface area contributed by atoms with Crippen LogP contribution in [0.15, 0.2) is 12.1 Å². The molecular formula is C23H32N2O2. The highest BCUT2D eigenvalue weighted by Crippen LogP contribution is 2.59. The van der Waals surface area contributed by atoms with E-state index in [4.69, 9.17) is 5.73 Å². The fourth-order valence-corrected chi connectivity index (χ4v) is 6.93. The Morgan fingerprint density at radius 3 is 2.81 bits per heavy atom. The number of hydrogen-bond acceptors (Lipinski definition) is 3. The first-order valence-corrected chi connectivity index (χ1v) is 10.9. The molecule has 5 rings (SSSR count). The molecule has 4 atom stereocenters. The number of carbonyl (C=O) groups is 1. The normalized spacial score (nSPS) is 35.8. The lowest BCUT2D eigenvalue weighted by Gasteiger charge is -2.60. The van der Waals surface area contributed by atoms with Crippen LogP contribution in [0, 0.1) is 17.8 Å². The highest BCUT2D eigenvalue weighted by Gasteiger charge is 2.56. The van der Waals surface area contributed by atoms with Crippen LogP contribution in [-0.4, -0.2) is 35.0 Å². The van der Waals surface area contributed by atoms with Crippen LogP contribution < -0.4 is 5.73 Å². The maximum absolute atomic E-state index is 11.9. The molecule has 3 N–H and O–H groups in total. The van der Waals surface area contributed by atoms with Crippen LogP contribution in [0.1, 0.15) is 73.4 Å². The second-order valence-electron chi connectivity index (χ2n) is 9.82. The van der Waals surface area contributed by atoms with Crippen molar-refractivity contribution in [3.05, 3.63) is 28.8 Å². The molecule has 1 heterocycles. The Labute approximate surface area is 162 Å². The van der Waals surface area contributed by atoms with Gasteiger partial charge in [0.25, 0.3) is 5.91 Å². The van der Waals surface area contributed by atoms with Crippen molar-refractivity contribution in [2.24, 2.45) is 23.5 Å². The van der Waals surface area contributed by atoms with Gasteiger partial charge in [-0.2, -0.15) is 0 Å². The van der Waals surface area contributed by atoms with Crippen molar-refractivity contribution in [3.8, 4) is 5.75 Å². The minimum atomic E-state index is -0.517. The van der Waals surface area contributed by atoms with Gasteiger partial charge in [-0.25, -0.2) is 0 Å². The summed E-state index contributed by atoms with van der Waals surface area (Å²) in [4.78, 5) is 14.7. The third-order valence-electron chi connectivity index (χ3n) is 8.35. The maximum atomic E-state index is 11.9. The van der Waals surface area contributed by atoms with Crippen molar-refractivity contribution in [3.63, 3.8) is 0 Å². The van der Waals surface area contributed by atoms with Gasteiger partial charge in [0.15, 0.2) is 0 Å². The first kappa shape index (κ1) is 17.5. The molecule has 3 fully saturated rings.